The fourth-order valence-electron chi connectivity index (χ4n) is 2.85. The molecular formula is C21H17N3O3S2. The number of benzene rings is 2. The largest absolute Gasteiger partial charge is 0.320 e. The molecule has 0 unspecified atom stereocenters. The number of nitrogens with zero attached hydrogens (tertiary/aromatic N) is 1. The highest BCUT2D eigenvalue weighted by atomic mass is 32.2. The number of hydrogen-bond acceptors (Lipinski definition) is 5. The van der Waals surface area contributed by atoms with Crippen molar-refractivity contribution in [3.8, 4) is 0 Å². The highest BCUT2D eigenvalue weighted by Gasteiger charge is 2.15. The summed E-state index contributed by atoms with van der Waals surface area (Å²) >= 11 is 1.48. The van der Waals surface area contributed by atoms with E-state index in [-0.39, 0.29) is 17.3 Å². The Balaban J connectivity index is 1.49. The lowest BCUT2D eigenvalue weighted by atomic mass is 10.1. The number of hydrogen-bond donors (Lipinski definition) is 2. The Kier molecular flexibility index (Phi) is 5.39. The average Bonchev–Trinajstić information content (AvgIpc) is 3.26. The van der Waals surface area contributed by atoms with E-state index in [0.29, 0.717) is 16.8 Å². The minimum Gasteiger partial charge on any atom is -0.320 e. The van der Waals surface area contributed by atoms with Gasteiger partial charge in [0.15, 0.2) is 0 Å². The van der Waals surface area contributed by atoms with Crippen molar-refractivity contribution in [3.63, 3.8) is 0 Å². The van der Waals surface area contributed by atoms with Gasteiger partial charge in [0.2, 0.25) is 10.0 Å². The second-order valence-corrected chi connectivity index (χ2v) is 9.06. The minimum absolute atomic E-state index is 0.109. The lowest BCUT2D eigenvalue weighted by Crippen LogP contribution is -2.23. The van der Waals surface area contributed by atoms with Gasteiger partial charge in [-0.05, 0) is 47.8 Å². The van der Waals surface area contributed by atoms with Crippen LogP contribution in [0.15, 0.2) is 83.2 Å². The number of fused-ring (bicyclic) bond motifs is 1. The van der Waals surface area contributed by atoms with Crippen molar-refractivity contribution in [2.45, 2.75) is 11.4 Å². The number of carbonyl (C=O) groups excluding carboxylic acids is 1. The number of carbonyl (C=O) groups is 1. The zero-order valence-corrected chi connectivity index (χ0v) is 16.8. The summed E-state index contributed by atoms with van der Waals surface area (Å²) in [5.74, 6) is -0.335. The van der Waals surface area contributed by atoms with Crippen molar-refractivity contribution in [2.24, 2.45) is 0 Å². The normalized spacial score (nSPS) is 11.4. The number of para-hydroxylation sites is 1. The Hall–Kier alpha value is -3.07. The molecule has 0 saturated heterocycles. The molecule has 2 N–H and O–H groups in total. The van der Waals surface area contributed by atoms with Gasteiger partial charge < -0.3 is 5.32 Å². The molecule has 0 saturated carbocycles. The summed E-state index contributed by atoms with van der Waals surface area (Å²) in [6.07, 6.45) is 1.67. The molecule has 4 aromatic rings. The van der Waals surface area contributed by atoms with E-state index < -0.39 is 10.0 Å². The van der Waals surface area contributed by atoms with Crippen LogP contribution in [0.5, 0.6) is 0 Å². The van der Waals surface area contributed by atoms with Crippen LogP contribution in [0, 0.1) is 0 Å². The first-order valence-electron chi connectivity index (χ1n) is 8.80. The summed E-state index contributed by atoms with van der Waals surface area (Å²) in [5, 5.41) is 5.65. The number of amides is 1. The molecule has 0 bridgehead atoms. The summed E-state index contributed by atoms with van der Waals surface area (Å²) in [5.41, 5.74) is 1.65. The topological polar surface area (TPSA) is 88.2 Å². The summed E-state index contributed by atoms with van der Waals surface area (Å²) < 4.78 is 27.4. The first kappa shape index (κ1) is 19.3. The predicted octanol–water partition coefficient (Wildman–Crippen LogP) is 4.03. The van der Waals surface area contributed by atoms with E-state index in [2.05, 4.69) is 15.0 Å². The van der Waals surface area contributed by atoms with Crippen molar-refractivity contribution < 1.29 is 13.2 Å². The van der Waals surface area contributed by atoms with E-state index in [1.54, 1.807) is 12.3 Å². The highest BCUT2D eigenvalue weighted by molar-refractivity contribution is 7.89. The Morgan fingerprint density at radius 3 is 2.52 bits per heavy atom. The molecule has 6 nitrogen and oxygen atoms in total. The molecule has 0 atom stereocenters. The van der Waals surface area contributed by atoms with Crippen LogP contribution in [0.4, 0.5) is 5.69 Å². The lowest BCUT2D eigenvalue weighted by Gasteiger charge is -2.09. The molecular weight excluding hydrogens is 406 g/mol. The quantitative estimate of drug-likeness (QED) is 0.490. The molecule has 2 aromatic heterocycles. The molecule has 2 aromatic carbocycles. The summed E-state index contributed by atoms with van der Waals surface area (Å²) in [6, 6.07) is 18.9. The maximum Gasteiger partial charge on any atom is 0.255 e. The number of aromatic nitrogens is 1. The molecule has 0 aliphatic carbocycles. The Morgan fingerprint density at radius 2 is 1.76 bits per heavy atom. The zero-order chi connectivity index (χ0) is 20.3. The monoisotopic (exact) mass is 423 g/mol. The van der Waals surface area contributed by atoms with Gasteiger partial charge in [-0.15, -0.1) is 11.3 Å². The molecule has 4 rings (SSSR count). The molecule has 2 heterocycles. The number of rotatable bonds is 6. The maximum absolute atomic E-state index is 12.6. The molecule has 146 valence electrons. The first-order chi connectivity index (χ1) is 14.0. The van der Waals surface area contributed by atoms with Crippen LogP contribution in [-0.2, 0) is 16.6 Å². The van der Waals surface area contributed by atoms with Gasteiger partial charge in [0.1, 0.15) is 0 Å². The van der Waals surface area contributed by atoms with E-state index in [1.165, 1.54) is 35.6 Å². The summed E-state index contributed by atoms with van der Waals surface area (Å²) in [7, 11) is -3.65. The lowest BCUT2D eigenvalue weighted by molar-refractivity contribution is 0.102. The van der Waals surface area contributed by atoms with Crippen molar-refractivity contribution in [1.82, 2.24) is 9.71 Å². The van der Waals surface area contributed by atoms with Gasteiger partial charge in [0, 0.05) is 28.6 Å². The molecule has 1 amide bonds. The molecule has 0 radical (unpaired) electrons. The van der Waals surface area contributed by atoms with Crippen molar-refractivity contribution in [3.05, 3.63) is 88.7 Å². The summed E-state index contributed by atoms with van der Waals surface area (Å²) in [4.78, 5) is 17.9. The Morgan fingerprint density at radius 1 is 0.966 bits per heavy atom. The fourth-order valence-corrected chi connectivity index (χ4v) is 4.59. The molecule has 0 aliphatic rings. The van der Waals surface area contributed by atoms with E-state index in [4.69, 9.17) is 0 Å². The van der Waals surface area contributed by atoms with E-state index in [9.17, 15) is 13.2 Å². The summed E-state index contributed by atoms with van der Waals surface area (Å²) in [6.45, 7) is 0.232. The van der Waals surface area contributed by atoms with Gasteiger partial charge in [-0.25, -0.2) is 13.1 Å². The van der Waals surface area contributed by atoms with Crippen LogP contribution in [-0.4, -0.2) is 19.3 Å². The average molecular weight is 424 g/mol. The van der Waals surface area contributed by atoms with Crippen molar-refractivity contribution in [2.75, 3.05) is 5.32 Å². The van der Waals surface area contributed by atoms with Crippen molar-refractivity contribution in [1.29, 1.82) is 0 Å². The number of sulfonamides is 1. The zero-order valence-electron chi connectivity index (χ0n) is 15.2. The molecule has 8 heteroatoms. The van der Waals surface area contributed by atoms with Gasteiger partial charge in [0.25, 0.3) is 5.91 Å². The molecule has 0 spiro atoms. The second kappa shape index (κ2) is 8.12. The fraction of sp³-hybridized carbons (Fsp3) is 0.0476. The van der Waals surface area contributed by atoms with Gasteiger partial charge >= 0.3 is 0 Å². The molecule has 0 aliphatic heterocycles. The van der Waals surface area contributed by atoms with Gasteiger partial charge in [-0.3, -0.25) is 9.78 Å². The number of anilines is 1. The third-order valence-electron chi connectivity index (χ3n) is 4.32. The van der Waals surface area contributed by atoms with E-state index in [1.807, 2.05) is 41.8 Å². The number of thiophene rings is 1. The van der Waals surface area contributed by atoms with Crippen LogP contribution in [0.3, 0.4) is 0 Å². The smallest absolute Gasteiger partial charge is 0.255 e. The molecule has 29 heavy (non-hydrogen) atoms. The Bertz CT molecular complexity index is 1250. The number of nitrogens with one attached hydrogen (secondary N) is 2. The van der Waals surface area contributed by atoms with Crippen LogP contribution in [0.2, 0.25) is 0 Å². The van der Waals surface area contributed by atoms with Gasteiger partial charge in [-0.1, -0.05) is 24.3 Å². The van der Waals surface area contributed by atoms with Crippen LogP contribution >= 0.6 is 11.3 Å². The Labute approximate surface area is 172 Å². The third kappa shape index (κ3) is 4.34. The van der Waals surface area contributed by atoms with E-state index in [0.717, 1.165) is 10.3 Å². The molecule has 0 fully saturated rings. The minimum atomic E-state index is -3.65. The van der Waals surface area contributed by atoms with Crippen LogP contribution in [0.1, 0.15) is 15.2 Å². The first-order valence-corrected chi connectivity index (χ1v) is 11.2. The standard InChI is InChI=1S/C21H17N3O3S2/c25-21(24-19-7-1-4-15-5-2-12-22-20(15)19)16-8-10-18(11-9-16)29(26,27)23-14-17-6-3-13-28-17/h1-13,23H,14H2,(H,24,25). The van der Waals surface area contributed by atoms with Crippen molar-refractivity contribution >= 4 is 43.9 Å². The van der Waals surface area contributed by atoms with Crippen LogP contribution in [0.25, 0.3) is 10.9 Å². The van der Waals surface area contributed by atoms with E-state index >= 15 is 0 Å². The van der Waals surface area contributed by atoms with Crippen LogP contribution < -0.4 is 10.0 Å². The second-order valence-electron chi connectivity index (χ2n) is 6.26. The highest BCUT2D eigenvalue weighted by Crippen LogP contribution is 2.21. The van der Waals surface area contributed by atoms with Gasteiger partial charge in [-0.2, -0.15) is 0 Å². The third-order valence-corrected chi connectivity index (χ3v) is 6.62. The number of pyridine rings is 1. The van der Waals surface area contributed by atoms with Gasteiger partial charge in [0.05, 0.1) is 16.1 Å². The predicted molar refractivity (Wildman–Crippen MR) is 114 cm³/mol. The maximum atomic E-state index is 12.6. The SMILES string of the molecule is O=C(Nc1cccc2cccnc12)c1ccc(S(=O)(=O)NCc2cccs2)cc1.